The number of anilines is 1. The first kappa shape index (κ1) is 15.0. The monoisotopic (exact) mass is 319 g/mol. The molecular weight excluding hydrogens is 301 g/mol. The molecule has 3 nitrogen and oxygen atoms in total. The predicted octanol–water partition coefficient (Wildman–Crippen LogP) is 3.81. The summed E-state index contributed by atoms with van der Waals surface area (Å²) in [6, 6.07) is 9.48. The number of hydrogen-bond donors (Lipinski definition) is 1. The van der Waals surface area contributed by atoms with Gasteiger partial charge in [-0.05, 0) is 67.5 Å². The number of sulfonamides is 1. The van der Waals surface area contributed by atoms with Crippen molar-refractivity contribution in [2.24, 2.45) is 0 Å². The predicted molar refractivity (Wildman–Crippen MR) is 85.0 cm³/mol. The maximum atomic E-state index is 13.4. The Hall–Kier alpha value is -1.88. The largest absolute Gasteiger partial charge is 0.279 e. The molecule has 0 spiro atoms. The average molecular weight is 319 g/mol. The Kier molecular flexibility index (Phi) is 3.91. The van der Waals surface area contributed by atoms with Crippen LogP contribution in [0.5, 0.6) is 0 Å². The first-order valence-corrected chi connectivity index (χ1v) is 8.85. The molecule has 0 unspecified atom stereocenters. The maximum absolute atomic E-state index is 13.4. The number of aryl methyl sites for hydroxylation is 2. The van der Waals surface area contributed by atoms with E-state index in [9.17, 15) is 12.8 Å². The van der Waals surface area contributed by atoms with Crippen LogP contribution in [-0.4, -0.2) is 8.42 Å². The van der Waals surface area contributed by atoms with Crippen LogP contribution in [0.2, 0.25) is 0 Å². The van der Waals surface area contributed by atoms with Gasteiger partial charge in [0.2, 0.25) is 0 Å². The fraction of sp³-hybridized carbons (Fsp3) is 0.294. The molecule has 0 bridgehead atoms. The van der Waals surface area contributed by atoms with Crippen molar-refractivity contribution >= 4 is 15.7 Å². The van der Waals surface area contributed by atoms with Gasteiger partial charge >= 0.3 is 0 Å². The van der Waals surface area contributed by atoms with Crippen LogP contribution in [0.4, 0.5) is 10.1 Å². The summed E-state index contributed by atoms with van der Waals surface area (Å²) in [4.78, 5) is -0.0130. The van der Waals surface area contributed by atoms with Gasteiger partial charge in [-0.1, -0.05) is 18.2 Å². The summed E-state index contributed by atoms with van der Waals surface area (Å²) in [6.45, 7) is 1.66. The molecule has 0 saturated carbocycles. The summed E-state index contributed by atoms with van der Waals surface area (Å²) in [5.74, 6) is -0.555. The topological polar surface area (TPSA) is 46.2 Å². The van der Waals surface area contributed by atoms with Crippen LogP contribution in [0.25, 0.3) is 0 Å². The molecule has 0 aromatic heterocycles. The molecule has 0 aliphatic heterocycles. The number of rotatable bonds is 3. The van der Waals surface area contributed by atoms with E-state index in [1.54, 1.807) is 13.0 Å². The molecule has 0 amide bonds. The van der Waals surface area contributed by atoms with Crippen molar-refractivity contribution in [1.82, 2.24) is 0 Å². The van der Waals surface area contributed by atoms with Crippen molar-refractivity contribution in [2.75, 3.05) is 4.72 Å². The van der Waals surface area contributed by atoms with E-state index in [1.165, 1.54) is 17.7 Å². The molecular formula is C17H18FNO2S. The number of fused-ring (bicyclic) bond motifs is 1. The Morgan fingerprint density at radius 3 is 2.68 bits per heavy atom. The summed E-state index contributed by atoms with van der Waals surface area (Å²) in [5.41, 5.74) is 3.40. The molecule has 5 heteroatoms. The van der Waals surface area contributed by atoms with Crippen LogP contribution < -0.4 is 4.72 Å². The van der Waals surface area contributed by atoms with Gasteiger partial charge in [0.15, 0.2) is 0 Å². The highest BCUT2D eigenvalue weighted by Gasteiger charge is 2.21. The normalized spacial score (nSPS) is 14.5. The molecule has 0 atom stereocenters. The van der Waals surface area contributed by atoms with Crippen molar-refractivity contribution in [3.8, 4) is 0 Å². The molecule has 0 saturated heterocycles. The third-order valence-corrected chi connectivity index (χ3v) is 5.59. The summed E-state index contributed by atoms with van der Waals surface area (Å²) in [6.07, 6.45) is 4.04. The smallest absolute Gasteiger partial charge is 0.262 e. The Morgan fingerprint density at radius 2 is 1.86 bits per heavy atom. The zero-order chi connectivity index (χ0) is 15.7. The van der Waals surface area contributed by atoms with Crippen LogP contribution in [0.15, 0.2) is 41.3 Å². The number of nitrogens with one attached hydrogen (secondary N) is 1. The zero-order valence-corrected chi connectivity index (χ0v) is 13.2. The Morgan fingerprint density at radius 1 is 1.09 bits per heavy atom. The molecule has 0 fully saturated rings. The van der Waals surface area contributed by atoms with E-state index < -0.39 is 15.8 Å². The van der Waals surface area contributed by atoms with E-state index in [2.05, 4.69) is 4.72 Å². The Bertz CT molecular complexity index is 815. The van der Waals surface area contributed by atoms with Gasteiger partial charge in [0, 0.05) is 0 Å². The van der Waals surface area contributed by atoms with Crippen LogP contribution >= 0.6 is 0 Å². The Labute approximate surface area is 130 Å². The fourth-order valence-electron chi connectivity index (χ4n) is 2.94. The van der Waals surface area contributed by atoms with Gasteiger partial charge in [-0.25, -0.2) is 12.8 Å². The minimum atomic E-state index is -3.79. The van der Waals surface area contributed by atoms with Gasteiger partial charge < -0.3 is 0 Å². The molecule has 2 aromatic rings. The quantitative estimate of drug-likeness (QED) is 0.935. The van der Waals surface area contributed by atoms with Crippen LogP contribution in [0.3, 0.4) is 0 Å². The zero-order valence-electron chi connectivity index (χ0n) is 12.4. The number of halogens is 1. The second-order valence-electron chi connectivity index (χ2n) is 5.67. The highest BCUT2D eigenvalue weighted by Crippen LogP contribution is 2.30. The van der Waals surface area contributed by atoms with Crippen LogP contribution in [-0.2, 0) is 22.9 Å². The number of benzene rings is 2. The van der Waals surface area contributed by atoms with Crippen LogP contribution in [0, 0.1) is 12.7 Å². The molecule has 1 N–H and O–H groups in total. The first-order valence-electron chi connectivity index (χ1n) is 7.37. The molecule has 1 aliphatic rings. The van der Waals surface area contributed by atoms with Crippen LogP contribution in [0.1, 0.15) is 29.5 Å². The Balaban J connectivity index is 2.00. The first-order chi connectivity index (χ1) is 10.5. The number of hydrogen-bond acceptors (Lipinski definition) is 2. The van der Waals surface area contributed by atoms with E-state index in [4.69, 9.17) is 0 Å². The maximum Gasteiger partial charge on any atom is 0.262 e. The molecule has 1 aliphatic carbocycles. The lowest BCUT2D eigenvalue weighted by Crippen LogP contribution is -2.17. The van der Waals surface area contributed by atoms with Gasteiger partial charge in [-0.15, -0.1) is 0 Å². The summed E-state index contributed by atoms with van der Waals surface area (Å²) < 4.78 is 41.2. The fourth-order valence-corrected chi connectivity index (χ4v) is 4.29. The lowest BCUT2D eigenvalue weighted by atomic mass is 9.91. The van der Waals surface area contributed by atoms with Gasteiger partial charge in [-0.2, -0.15) is 0 Å². The minimum absolute atomic E-state index is 0.0130. The summed E-state index contributed by atoms with van der Waals surface area (Å²) in [7, 11) is -3.79. The third-order valence-electron chi connectivity index (χ3n) is 4.08. The van der Waals surface area contributed by atoms with E-state index in [-0.39, 0.29) is 4.90 Å². The van der Waals surface area contributed by atoms with Crippen molar-refractivity contribution in [2.45, 2.75) is 37.5 Å². The van der Waals surface area contributed by atoms with Gasteiger partial charge in [-0.3, -0.25) is 4.72 Å². The minimum Gasteiger partial charge on any atom is -0.279 e. The molecule has 22 heavy (non-hydrogen) atoms. The van der Waals surface area contributed by atoms with Gasteiger partial charge in [0.1, 0.15) is 5.82 Å². The highest BCUT2D eigenvalue weighted by molar-refractivity contribution is 7.92. The average Bonchev–Trinajstić information content (AvgIpc) is 2.50. The SMILES string of the molecule is Cc1ccc(F)cc1S(=O)(=O)Nc1cccc2c1CCCC2. The second kappa shape index (κ2) is 5.72. The third kappa shape index (κ3) is 2.86. The molecule has 3 rings (SSSR count). The summed E-state index contributed by atoms with van der Waals surface area (Å²) in [5, 5.41) is 0. The van der Waals surface area contributed by atoms with E-state index in [0.29, 0.717) is 11.3 Å². The molecule has 2 aromatic carbocycles. The second-order valence-corrected chi connectivity index (χ2v) is 7.32. The van der Waals surface area contributed by atoms with E-state index >= 15 is 0 Å². The summed E-state index contributed by atoms with van der Waals surface area (Å²) >= 11 is 0. The standard InChI is InChI=1S/C17H18FNO2S/c1-12-9-10-14(18)11-17(12)22(20,21)19-16-8-4-6-13-5-2-3-7-15(13)16/h4,6,8-11,19H,2-3,5,7H2,1H3. The van der Waals surface area contributed by atoms with Crippen molar-refractivity contribution in [1.29, 1.82) is 0 Å². The van der Waals surface area contributed by atoms with Gasteiger partial charge in [0.25, 0.3) is 10.0 Å². The molecule has 116 valence electrons. The lowest BCUT2D eigenvalue weighted by Gasteiger charge is -2.20. The van der Waals surface area contributed by atoms with Crippen molar-refractivity contribution in [3.63, 3.8) is 0 Å². The van der Waals surface area contributed by atoms with Crippen molar-refractivity contribution in [3.05, 3.63) is 58.9 Å². The van der Waals surface area contributed by atoms with E-state index in [1.807, 2.05) is 12.1 Å². The molecule has 0 heterocycles. The van der Waals surface area contributed by atoms with Crippen molar-refractivity contribution < 1.29 is 12.8 Å². The van der Waals surface area contributed by atoms with Gasteiger partial charge in [0.05, 0.1) is 10.6 Å². The molecule has 0 radical (unpaired) electrons. The van der Waals surface area contributed by atoms with E-state index in [0.717, 1.165) is 37.3 Å². The lowest BCUT2D eigenvalue weighted by molar-refractivity contribution is 0.594. The highest BCUT2D eigenvalue weighted by atomic mass is 32.2.